The molecular formula is C37H42O8. The Hall–Kier alpha value is -3.49. The van der Waals surface area contributed by atoms with Crippen LogP contribution in [0.4, 0.5) is 0 Å². The van der Waals surface area contributed by atoms with E-state index in [1.54, 1.807) is 33.8 Å². The van der Waals surface area contributed by atoms with Gasteiger partial charge in [-0.15, -0.1) is 0 Å². The number of fused-ring (bicyclic) bond motifs is 3. The van der Waals surface area contributed by atoms with E-state index >= 15 is 0 Å². The van der Waals surface area contributed by atoms with E-state index in [2.05, 4.69) is 12.1 Å². The van der Waals surface area contributed by atoms with Gasteiger partial charge in [0.2, 0.25) is 0 Å². The molecule has 8 nitrogen and oxygen atoms in total. The van der Waals surface area contributed by atoms with Crippen molar-refractivity contribution in [3.8, 4) is 16.9 Å². The Bertz CT molecular complexity index is 1630. The molecule has 3 fully saturated rings. The summed E-state index contributed by atoms with van der Waals surface area (Å²) in [5, 5.41) is 23.2. The smallest absolute Gasteiger partial charge is 0.190 e. The molecule has 45 heavy (non-hydrogen) atoms. The van der Waals surface area contributed by atoms with Crippen molar-refractivity contribution in [2.75, 3.05) is 13.2 Å². The lowest BCUT2D eigenvalue weighted by Crippen LogP contribution is -2.76. The number of carbonyl (C=O) groups is 5. The van der Waals surface area contributed by atoms with E-state index in [0.29, 0.717) is 11.5 Å². The van der Waals surface area contributed by atoms with E-state index in [1.165, 1.54) is 6.07 Å². The van der Waals surface area contributed by atoms with Crippen molar-refractivity contribution in [3.63, 3.8) is 0 Å². The first-order valence-corrected chi connectivity index (χ1v) is 16.1. The maximum Gasteiger partial charge on any atom is 0.190 e. The van der Waals surface area contributed by atoms with Crippen LogP contribution < -0.4 is 0 Å². The number of rotatable bonds is 5. The monoisotopic (exact) mass is 614 g/mol. The molecule has 2 aromatic carbocycles. The molecule has 0 radical (unpaired) electrons. The van der Waals surface area contributed by atoms with Crippen LogP contribution in [0.5, 0.6) is 5.75 Å². The maximum atomic E-state index is 14.5. The summed E-state index contributed by atoms with van der Waals surface area (Å²) in [5.74, 6) is -8.35. The van der Waals surface area contributed by atoms with Crippen LogP contribution in [-0.4, -0.2) is 57.9 Å². The van der Waals surface area contributed by atoms with Gasteiger partial charge in [-0.1, -0.05) is 58.0 Å². The first-order chi connectivity index (χ1) is 21.2. The van der Waals surface area contributed by atoms with Gasteiger partial charge in [0, 0.05) is 24.5 Å². The average molecular weight is 615 g/mol. The van der Waals surface area contributed by atoms with Gasteiger partial charge < -0.3 is 14.9 Å². The Morgan fingerprint density at radius 3 is 2.36 bits per heavy atom. The summed E-state index contributed by atoms with van der Waals surface area (Å²) in [7, 11) is 0. The second kappa shape index (κ2) is 10.8. The average Bonchev–Trinajstić information content (AvgIpc) is 2.95. The third-order valence-corrected chi connectivity index (χ3v) is 11.4. The number of Topliss-reactive ketones (excluding diaryl/α,β-unsaturated/α-hetero) is 5. The Morgan fingerprint density at radius 1 is 1.02 bits per heavy atom. The van der Waals surface area contributed by atoms with E-state index in [4.69, 9.17) is 4.74 Å². The zero-order valence-electron chi connectivity index (χ0n) is 26.6. The second-order valence-corrected chi connectivity index (χ2v) is 14.8. The number of phenolic OH excluding ortho intramolecular Hbond substituents is 1. The predicted molar refractivity (Wildman–Crippen MR) is 166 cm³/mol. The highest BCUT2D eigenvalue weighted by molar-refractivity contribution is 6.32. The summed E-state index contributed by atoms with van der Waals surface area (Å²) < 4.78 is 5.52. The fourth-order valence-electron chi connectivity index (χ4n) is 9.56. The van der Waals surface area contributed by atoms with Crippen molar-refractivity contribution < 1.29 is 38.9 Å². The van der Waals surface area contributed by atoms with Crippen molar-refractivity contribution in [2.24, 2.45) is 40.4 Å². The summed E-state index contributed by atoms with van der Waals surface area (Å²) >= 11 is 0. The molecule has 6 rings (SSSR count). The van der Waals surface area contributed by atoms with Crippen LogP contribution in [0.3, 0.4) is 0 Å². The molecule has 238 valence electrons. The first-order valence-electron chi connectivity index (χ1n) is 16.1. The van der Waals surface area contributed by atoms with Crippen molar-refractivity contribution in [1.29, 1.82) is 0 Å². The molecule has 1 aliphatic heterocycles. The highest BCUT2D eigenvalue weighted by Gasteiger charge is 2.76. The van der Waals surface area contributed by atoms with Gasteiger partial charge in [0.15, 0.2) is 28.7 Å². The van der Waals surface area contributed by atoms with Crippen LogP contribution in [0.2, 0.25) is 0 Å². The number of ketones is 5. The van der Waals surface area contributed by atoms with Crippen molar-refractivity contribution >= 4 is 28.9 Å². The lowest BCUT2D eigenvalue weighted by molar-refractivity contribution is -0.205. The van der Waals surface area contributed by atoms with Crippen LogP contribution in [0, 0.1) is 40.4 Å². The fourth-order valence-corrected chi connectivity index (χ4v) is 9.56. The summed E-state index contributed by atoms with van der Waals surface area (Å²) in [5.41, 5.74) is -1.85. The van der Waals surface area contributed by atoms with Crippen molar-refractivity contribution in [3.05, 3.63) is 53.1 Å². The molecule has 1 heterocycles. The van der Waals surface area contributed by atoms with Gasteiger partial charge in [-0.25, -0.2) is 0 Å². The Kier molecular flexibility index (Phi) is 7.56. The predicted octanol–water partition coefficient (Wildman–Crippen LogP) is 4.73. The third-order valence-electron chi connectivity index (χ3n) is 11.4. The number of hydrogen-bond donors (Lipinski definition) is 2. The van der Waals surface area contributed by atoms with Crippen LogP contribution in [0.15, 0.2) is 36.4 Å². The number of benzene rings is 2. The van der Waals surface area contributed by atoms with Crippen LogP contribution in [-0.2, 0) is 36.8 Å². The van der Waals surface area contributed by atoms with Crippen molar-refractivity contribution in [1.82, 2.24) is 0 Å². The van der Waals surface area contributed by atoms with E-state index in [1.807, 2.05) is 12.1 Å². The quantitative estimate of drug-likeness (QED) is 0.462. The molecule has 2 saturated carbocycles. The minimum absolute atomic E-state index is 0.0215. The molecule has 0 bridgehead atoms. The van der Waals surface area contributed by atoms with Crippen LogP contribution >= 0.6 is 0 Å². The number of hydrogen-bond acceptors (Lipinski definition) is 8. The van der Waals surface area contributed by atoms with E-state index < -0.39 is 63.1 Å². The lowest BCUT2D eigenvalue weighted by atomic mass is 9.40. The minimum atomic E-state index is -2.70. The van der Waals surface area contributed by atoms with Gasteiger partial charge in [0.1, 0.15) is 17.5 Å². The topological polar surface area (TPSA) is 135 Å². The fraction of sp³-hybridized carbons (Fsp3) is 0.541. The second-order valence-electron chi connectivity index (χ2n) is 14.8. The Labute approximate surface area is 263 Å². The molecule has 3 aliphatic carbocycles. The van der Waals surface area contributed by atoms with Gasteiger partial charge in [-0.2, -0.15) is 0 Å². The van der Waals surface area contributed by atoms with Gasteiger partial charge >= 0.3 is 0 Å². The molecule has 4 aliphatic rings. The van der Waals surface area contributed by atoms with Crippen LogP contribution in [0.25, 0.3) is 11.1 Å². The van der Waals surface area contributed by atoms with Gasteiger partial charge in [-0.05, 0) is 84.6 Å². The summed E-state index contributed by atoms with van der Waals surface area (Å²) in [6, 6.07) is 11.4. The third kappa shape index (κ3) is 4.50. The van der Waals surface area contributed by atoms with E-state index in [9.17, 15) is 34.2 Å². The van der Waals surface area contributed by atoms with Crippen molar-refractivity contribution in [2.45, 2.75) is 72.3 Å². The molecule has 2 aromatic rings. The first kappa shape index (κ1) is 31.5. The number of aliphatic hydroxyl groups is 1. The minimum Gasteiger partial charge on any atom is -0.507 e. The zero-order valence-corrected chi connectivity index (χ0v) is 26.6. The number of aromatic hydroxyl groups is 1. The number of ether oxygens (including phenoxy) is 1. The largest absolute Gasteiger partial charge is 0.507 e. The molecule has 3 unspecified atom stereocenters. The number of carbonyl (C=O) groups excluding carboxylic acids is 5. The van der Waals surface area contributed by atoms with Gasteiger partial charge in [0.05, 0.1) is 11.5 Å². The molecule has 1 saturated heterocycles. The summed E-state index contributed by atoms with van der Waals surface area (Å²) in [6.45, 7) is 9.59. The molecule has 8 heteroatoms. The SMILES string of the molecule is CC(=O)C1C(=O)C(C(C)C)[C@@]2(C)C[C@@]3(C)Cc4c(-c5cccc(CC6CCOCC6)c5)ccc(O)c4C(=O)C3C(=O)[C@@]2(O)C1=O. The Morgan fingerprint density at radius 2 is 1.71 bits per heavy atom. The van der Waals surface area contributed by atoms with Gasteiger partial charge in [-0.3, -0.25) is 24.0 Å². The van der Waals surface area contributed by atoms with Gasteiger partial charge in [0.25, 0.3) is 0 Å². The summed E-state index contributed by atoms with van der Waals surface area (Å²) in [4.78, 5) is 69.0. The molecule has 0 spiro atoms. The standard InChI is InChI=1S/C37H42O8/c1-19(2)29-31(40)27(20(3)38)33(42)37(44)34(43)30-32(41)28-25(17-35(30,4)18-36(29,37)5)24(9-10-26(28)39)23-8-6-7-22(16-23)15-21-11-13-45-14-12-21/h6-10,16,19,21,27,29-30,39,44H,11-15,17-18H2,1-5H3/t27?,29?,30?,35-,36-,37+/m1/s1. The molecule has 6 atom stereocenters. The highest BCUT2D eigenvalue weighted by Crippen LogP contribution is 2.64. The number of phenols is 1. The molecule has 0 amide bonds. The normalized spacial score (nSPS) is 33.5. The summed E-state index contributed by atoms with van der Waals surface area (Å²) in [6.07, 6.45) is 3.15. The van der Waals surface area contributed by atoms with E-state index in [0.717, 1.165) is 56.1 Å². The van der Waals surface area contributed by atoms with Crippen LogP contribution in [0.1, 0.15) is 75.4 Å². The lowest BCUT2D eigenvalue weighted by Gasteiger charge is -2.61. The molecule has 2 N–H and O–H groups in total. The highest BCUT2D eigenvalue weighted by atomic mass is 16.5. The zero-order chi connectivity index (χ0) is 32.6. The van der Waals surface area contributed by atoms with E-state index in [-0.39, 0.29) is 30.1 Å². The maximum absolute atomic E-state index is 14.5. The molecular weight excluding hydrogens is 572 g/mol. The molecule has 0 aromatic heterocycles. The Balaban J connectivity index is 1.47.